The lowest BCUT2D eigenvalue weighted by Gasteiger charge is -2.10. The zero-order valence-corrected chi connectivity index (χ0v) is 12.8. The minimum atomic E-state index is -0.619. The fraction of sp³-hybridized carbons (Fsp3) is 0.133. The van der Waals surface area contributed by atoms with Crippen molar-refractivity contribution < 1.29 is 14.3 Å². The number of methoxy groups -OCH3 is 2. The highest BCUT2D eigenvalue weighted by atomic mass is 35.5. The molecule has 0 saturated heterocycles. The van der Waals surface area contributed by atoms with E-state index in [1.807, 2.05) is 0 Å². The van der Waals surface area contributed by atoms with Gasteiger partial charge in [-0.25, -0.2) is 14.8 Å². The summed E-state index contributed by atoms with van der Waals surface area (Å²) < 4.78 is 9.86. The molecule has 0 atom stereocenters. The average Bonchev–Trinajstić information content (AvgIpc) is 2.53. The van der Waals surface area contributed by atoms with Gasteiger partial charge in [-0.1, -0.05) is 24.3 Å². The lowest BCUT2D eigenvalue weighted by Crippen LogP contribution is -2.11. The van der Waals surface area contributed by atoms with Crippen LogP contribution in [0.2, 0.25) is 5.02 Å². The molecule has 0 bridgehead atoms. The van der Waals surface area contributed by atoms with E-state index in [1.165, 1.54) is 20.3 Å². The van der Waals surface area contributed by atoms with Gasteiger partial charge in [0.1, 0.15) is 11.6 Å². The van der Waals surface area contributed by atoms with Gasteiger partial charge in [0.05, 0.1) is 19.2 Å². The topological polar surface area (TPSA) is 87.3 Å². The minimum absolute atomic E-state index is 0.0499. The van der Waals surface area contributed by atoms with E-state index in [1.54, 1.807) is 18.2 Å². The first-order chi connectivity index (χ1) is 10.5. The number of nitrogens with zero attached hydrogens (tertiary/aromatic N) is 2. The fourth-order valence-electron chi connectivity index (χ4n) is 1.87. The van der Waals surface area contributed by atoms with Crippen LogP contribution in [0.4, 0.5) is 5.82 Å². The Bertz CT molecular complexity index is 747. The Morgan fingerprint density at radius 3 is 2.68 bits per heavy atom. The molecule has 1 aromatic carbocycles. The highest BCUT2D eigenvalue weighted by Gasteiger charge is 2.18. The summed E-state index contributed by atoms with van der Waals surface area (Å²) >= 11 is 5.99. The third kappa shape index (κ3) is 2.87. The van der Waals surface area contributed by atoms with Crippen LogP contribution >= 0.6 is 11.6 Å². The number of hydrogen-bond donors (Lipinski definition) is 1. The van der Waals surface area contributed by atoms with Crippen molar-refractivity contribution in [3.63, 3.8) is 0 Å². The molecule has 0 amide bonds. The number of esters is 1. The Kier molecular flexibility index (Phi) is 4.62. The number of halogens is 1. The maximum atomic E-state index is 11.8. The first-order valence-electron chi connectivity index (χ1n) is 6.24. The van der Waals surface area contributed by atoms with Crippen molar-refractivity contribution in [1.82, 2.24) is 9.97 Å². The van der Waals surface area contributed by atoms with Crippen molar-refractivity contribution in [2.75, 3.05) is 20.0 Å². The lowest BCUT2D eigenvalue weighted by atomic mass is 10.1. The van der Waals surface area contributed by atoms with Crippen LogP contribution in [-0.2, 0) is 4.74 Å². The summed E-state index contributed by atoms with van der Waals surface area (Å²) in [5.74, 6) is 0.243. The summed E-state index contributed by atoms with van der Waals surface area (Å²) in [4.78, 5) is 20.2. The summed E-state index contributed by atoms with van der Waals surface area (Å²) in [5.41, 5.74) is 6.86. The van der Waals surface area contributed by atoms with Gasteiger partial charge in [-0.05, 0) is 18.2 Å². The maximum absolute atomic E-state index is 11.8. The Morgan fingerprint density at radius 2 is 2.09 bits per heavy atom. The zero-order chi connectivity index (χ0) is 16.3. The van der Waals surface area contributed by atoms with E-state index < -0.39 is 5.97 Å². The highest BCUT2D eigenvalue weighted by Crippen LogP contribution is 2.30. The Hall–Kier alpha value is -2.60. The van der Waals surface area contributed by atoms with Crippen LogP contribution in [0.1, 0.15) is 16.1 Å². The molecule has 0 spiro atoms. The van der Waals surface area contributed by atoms with Crippen molar-refractivity contribution in [2.45, 2.75) is 0 Å². The summed E-state index contributed by atoms with van der Waals surface area (Å²) in [7, 11) is 2.76. The quantitative estimate of drug-likeness (QED) is 0.872. The number of ether oxygens (including phenoxy) is 2. The number of aromatic nitrogens is 2. The monoisotopic (exact) mass is 319 g/mol. The Balaban J connectivity index is 2.64. The summed E-state index contributed by atoms with van der Waals surface area (Å²) in [6, 6.07) is 5.01. The first kappa shape index (κ1) is 15.8. The van der Waals surface area contributed by atoms with E-state index in [0.717, 1.165) is 0 Å². The van der Waals surface area contributed by atoms with Crippen molar-refractivity contribution in [3.05, 3.63) is 41.1 Å². The molecule has 0 aliphatic carbocycles. The van der Waals surface area contributed by atoms with Gasteiger partial charge < -0.3 is 15.2 Å². The molecule has 6 nitrogen and oxygen atoms in total. The third-order valence-electron chi connectivity index (χ3n) is 2.97. The molecule has 0 saturated carbocycles. The lowest BCUT2D eigenvalue weighted by molar-refractivity contribution is 0.0594. The second-order valence-electron chi connectivity index (χ2n) is 4.24. The summed E-state index contributed by atoms with van der Waals surface area (Å²) in [6.07, 6.45) is 1.41. The van der Waals surface area contributed by atoms with Crippen LogP contribution in [0.15, 0.2) is 24.8 Å². The molecular weight excluding hydrogens is 306 g/mol. The number of nitrogens with two attached hydrogens (primary N) is 1. The second kappa shape index (κ2) is 6.44. The molecule has 0 aliphatic heterocycles. The Labute approximate surface area is 132 Å². The van der Waals surface area contributed by atoms with Crippen molar-refractivity contribution in [2.24, 2.45) is 0 Å². The minimum Gasteiger partial charge on any atom is -0.495 e. The molecule has 2 aromatic rings. The molecule has 0 aliphatic rings. The molecule has 1 aromatic heterocycles. The number of carbonyl (C=O) groups excluding carboxylic acids is 1. The smallest absolute Gasteiger partial charge is 0.357 e. The standard InChI is InChI=1S/C15H14ClN3O3/c1-4-9-12(15(20)22-3)18-14(19-13(9)17)8-5-6-10(16)11(7-8)21-2/h4-7H,1H2,2-3H3,(H2,17,18,19). The van der Waals surface area contributed by atoms with Gasteiger partial charge in [0.15, 0.2) is 11.5 Å². The van der Waals surface area contributed by atoms with Crippen LogP contribution in [0.3, 0.4) is 0 Å². The molecule has 2 rings (SSSR count). The molecule has 0 unspecified atom stereocenters. The van der Waals surface area contributed by atoms with Crippen molar-refractivity contribution in [3.8, 4) is 17.1 Å². The molecular formula is C15H14ClN3O3. The Morgan fingerprint density at radius 1 is 1.36 bits per heavy atom. The van der Waals surface area contributed by atoms with E-state index in [2.05, 4.69) is 16.5 Å². The second-order valence-corrected chi connectivity index (χ2v) is 4.65. The van der Waals surface area contributed by atoms with Gasteiger partial charge in [0.25, 0.3) is 0 Å². The van der Waals surface area contributed by atoms with Crippen LogP contribution < -0.4 is 10.5 Å². The molecule has 114 valence electrons. The summed E-state index contributed by atoms with van der Waals surface area (Å²) in [5, 5.41) is 0.454. The molecule has 7 heteroatoms. The van der Waals surface area contributed by atoms with Crippen LogP contribution in [0.25, 0.3) is 17.5 Å². The number of anilines is 1. The van der Waals surface area contributed by atoms with Crippen LogP contribution in [0, 0.1) is 0 Å². The zero-order valence-electron chi connectivity index (χ0n) is 12.1. The third-order valence-corrected chi connectivity index (χ3v) is 3.28. The predicted molar refractivity (Wildman–Crippen MR) is 84.9 cm³/mol. The van der Waals surface area contributed by atoms with E-state index in [9.17, 15) is 4.79 Å². The van der Waals surface area contributed by atoms with Gasteiger partial charge in [0, 0.05) is 11.1 Å². The van der Waals surface area contributed by atoms with Gasteiger partial charge in [-0.3, -0.25) is 0 Å². The number of nitrogen functional groups attached to an aromatic ring is 1. The number of carbonyl (C=O) groups is 1. The SMILES string of the molecule is C=Cc1c(N)nc(-c2ccc(Cl)c(OC)c2)nc1C(=O)OC. The average molecular weight is 320 g/mol. The molecule has 0 fully saturated rings. The van der Waals surface area contributed by atoms with E-state index in [-0.39, 0.29) is 17.3 Å². The van der Waals surface area contributed by atoms with Crippen molar-refractivity contribution in [1.29, 1.82) is 0 Å². The largest absolute Gasteiger partial charge is 0.495 e. The van der Waals surface area contributed by atoms with E-state index in [4.69, 9.17) is 26.8 Å². The number of benzene rings is 1. The molecule has 2 N–H and O–H groups in total. The fourth-order valence-corrected chi connectivity index (χ4v) is 2.06. The molecule has 1 heterocycles. The van der Waals surface area contributed by atoms with Gasteiger partial charge in [0.2, 0.25) is 0 Å². The highest BCUT2D eigenvalue weighted by molar-refractivity contribution is 6.32. The van der Waals surface area contributed by atoms with E-state index in [0.29, 0.717) is 21.9 Å². The first-order valence-corrected chi connectivity index (χ1v) is 6.61. The molecule has 22 heavy (non-hydrogen) atoms. The van der Waals surface area contributed by atoms with Crippen LogP contribution in [0.5, 0.6) is 5.75 Å². The maximum Gasteiger partial charge on any atom is 0.357 e. The summed E-state index contributed by atoms with van der Waals surface area (Å²) in [6.45, 7) is 3.61. The van der Waals surface area contributed by atoms with Gasteiger partial charge in [-0.2, -0.15) is 0 Å². The molecule has 0 radical (unpaired) electrons. The number of hydrogen-bond acceptors (Lipinski definition) is 6. The van der Waals surface area contributed by atoms with Crippen molar-refractivity contribution >= 4 is 29.5 Å². The van der Waals surface area contributed by atoms with Gasteiger partial charge in [-0.15, -0.1) is 0 Å². The normalized spacial score (nSPS) is 10.1. The van der Waals surface area contributed by atoms with Crippen LogP contribution in [-0.4, -0.2) is 30.2 Å². The van der Waals surface area contributed by atoms with E-state index >= 15 is 0 Å². The predicted octanol–water partition coefficient (Wildman–Crippen LogP) is 2.82. The number of rotatable bonds is 4. The van der Waals surface area contributed by atoms with Gasteiger partial charge >= 0.3 is 5.97 Å².